The second kappa shape index (κ2) is 5.41. The zero-order valence-electron chi connectivity index (χ0n) is 12.2. The molecule has 1 saturated heterocycles. The second-order valence-corrected chi connectivity index (χ2v) is 5.85. The summed E-state index contributed by atoms with van der Waals surface area (Å²) >= 11 is 0. The molecule has 2 atom stereocenters. The van der Waals surface area contributed by atoms with Crippen LogP contribution in [0.4, 0.5) is 0 Å². The molecular formula is C12H18N2O7. The Morgan fingerprint density at radius 3 is 2.14 bits per heavy atom. The molecule has 9 nitrogen and oxygen atoms in total. The first-order valence-electron chi connectivity index (χ1n) is 6.15. The number of hydroxylamine groups is 2. The normalized spacial score (nSPS) is 22.0. The van der Waals surface area contributed by atoms with E-state index >= 15 is 0 Å². The maximum atomic E-state index is 11.9. The highest BCUT2D eigenvalue weighted by Crippen LogP contribution is 2.19. The maximum Gasteiger partial charge on any atom is 0.338 e. The van der Waals surface area contributed by atoms with Crippen molar-refractivity contribution in [2.75, 3.05) is 0 Å². The first-order valence-corrected chi connectivity index (χ1v) is 6.15. The Balaban J connectivity index is 2.76. The Hall–Kier alpha value is -2.00. The molecule has 21 heavy (non-hydrogen) atoms. The SMILES string of the molecule is CC(C)(C)OC(=O)[C@@](C)(N)C(=O)OC1CC(=O)N(O)C1=O. The number of carbonyl (C=O) groups excluding carboxylic acids is 4. The van der Waals surface area contributed by atoms with Crippen LogP contribution in [0.1, 0.15) is 34.1 Å². The Bertz CT molecular complexity index is 492. The first kappa shape index (κ1) is 17.1. The average Bonchev–Trinajstić information content (AvgIpc) is 2.54. The van der Waals surface area contributed by atoms with Gasteiger partial charge in [-0.15, -0.1) is 0 Å². The van der Waals surface area contributed by atoms with Crippen LogP contribution in [-0.2, 0) is 28.7 Å². The smallest absolute Gasteiger partial charge is 0.338 e. The maximum absolute atomic E-state index is 11.9. The standard InChI is InChI=1S/C12H18N2O7/c1-11(2,3)21-10(18)12(4,13)9(17)20-6-5-7(15)14(19)8(6)16/h6,19H,5,13H2,1-4H3/t6?,12-/m0/s1. The molecule has 0 radical (unpaired) electrons. The molecule has 1 aliphatic rings. The minimum absolute atomic E-state index is 0.140. The van der Waals surface area contributed by atoms with E-state index in [1.54, 1.807) is 20.8 Å². The topological polar surface area (TPSA) is 136 Å². The fraction of sp³-hybridized carbons (Fsp3) is 0.667. The van der Waals surface area contributed by atoms with Gasteiger partial charge in [0.25, 0.3) is 11.8 Å². The van der Waals surface area contributed by atoms with Crippen LogP contribution >= 0.6 is 0 Å². The van der Waals surface area contributed by atoms with Gasteiger partial charge in [-0.2, -0.15) is 5.06 Å². The predicted molar refractivity (Wildman–Crippen MR) is 66.6 cm³/mol. The molecule has 1 heterocycles. The quantitative estimate of drug-likeness (QED) is 0.296. The Morgan fingerprint density at radius 1 is 1.24 bits per heavy atom. The monoisotopic (exact) mass is 302 g/mol. The third-order valence-corrected chi connectivity index (χ3v) is 2.58. The fourth-order valence-corrected chi connectivity index (χ4v) is 1.40. The summed E-state index contributed by atoms with van der Waals surface area (Å²) in [5.74, 6) is -4.25. The van der Waals surface area contributed by atoms with Gasteiger partial charge in [-0.05, 0) is 27.7 Å². The molecule has 1 aliphatic heterocycles. The van der Waals surface area contributed by atoms with Gasteiger partial charge in [-0.3, -0.25) is 14.8 Å². The van der Waals surface area contributed by atoms with Crippen LogP contribution in [0.3, 0.4) is 0 Å². The minimum atomic E-state index is -2.14. The van der Waals surface area contributed by atoms with E-state index < -0.39 is 47.4 Å². The van der Waals surface area contributed by atoms with Gasteiger partial charge in [-0.1, -0.05) is 0 Å². The van der Waals surface area contributed by atoms with Crippen LogP contribution in [0.5, 0.6) is 0 Å². The van der Waals surface area contributed by atoms with Crippen molar-refractivity contribution in [3.8, 4) is 0 Å². The van der Waals surface area contributed by atoms with E-state index in [9.17, 15) is 19.2 Å². The molecule has 0 aliphatic carbocycles. The van der Waals surface area contributed by atoms with E-state index in [2.05, 4.69) is 0 Å². The van der Waals surface area contributed by atoms with E-state index in [-0.39, 0.29) is 5.06 Å². The van der Waals surface area contributed by atoms with Crippen LogP contribution in [0.15, 0.2) is 0 Å². The van der Waals surface area contributed by atoms with Crippen LogP contribution < -0.4 is 5.73 Å². The molecule has 1 fully saturated rings. The first-order chi connectivity index (χ1) is 9.36. The summed E-state index contributed by atoms with van der Waals surface area (Å²) in [4.78, 5) is 46.2. The van der Waals surface area contributed by atoms with Gasteiger partial charge >= 0.3 is 11.9 Å². The van der Waals surface area contributed by atoms with E-state index in [1.807, 2.05) is 0 Å². The largest absolute Gasteiger partial charge is 0.458 e. The molecular weight excluding hydrogens is 284 g/mol. The number of rotatable bonds is 3. The molecule has 0 aromatic carbocycles. The van der Waals surface area contributed by atoms with Crippen LogP contribution in [-0.4, -0.2) is 51.3 Å². The molecule has 0 saturated carbocycles. The van der Waals surface area contributed by atoms with Crippen LogP contribution in [0, 0.1) is 0 Å². The van der Waals surface area contributed by atoms with Crippen molar-refractivity contribution >= 4 is 23.8 Å². The molecule has 1 rings (SSSR count). The number of esters is 2. The number of amides is 2. The molecule has 2 amide bonds. The zero-order chi connectivity index (χ0) is 16.6. The number of hydrogen-bond acceptors (Lipinski definition) is 8. The van der Waals surface area contributed by atoms with Crippen LogP contribution in [0.2, 0.25) is 0 Å². The number of nitrogens with two attached hydrogens (primary N) is 1. The highest BCUT2D eigenvalue weighted by molar-refractivity contribution is 6.07. The number of carbonyl (C=O) groups is 4. The van der Waals surface area contributed by atoms with Crippen LogP contribution in [0.25, 0.3) is 0 Å². The molecule has 9 heteroatoms. The summed E-state index contributed by atoms with van der Waals surface area (Å²) in [6, 6.07) is 0. The average molecular weight is 302 g/mol. The van der Waals surface area contributed by atoms with Gasteiger partial charge < -0.3 is 15.2 Å². The van der Waals surface area contributed by atoms with Crippen molar-refractivity contribution < 1.29 is 33.9 Å². The van der Waals surface area contributed by atoms with Gasteiger partial charge in [-0.25, -0.2) is 9.59 Å². The third-order valence-electron chi connectivity index (χ3n) is 2.58. The lowest BCUT2D eigenvalue weighted by Crippen LogP contribution is -2.56. The lowest BCUT2D eigenvalue weighted by molar-refractivity contribution is -0.181. The fourth-order valence-electron chi connectivity index (χ4n) is 1.40. The summed E-state index contributed by atoms with van der Waals surface area (Å²) in [6.07, 6.45) is -2.01. The highest BCUT2D eigenvalue weighted by Gasteiger charge is 2.47. The van der Waals surface area contributed by atoms with E-state index in [0.717, 1.165) is 6.92 Å². The van der Waals surface area contributed by atoms with Crippen molar-refractivity contribution in [3.05, 3.63) is 0 Å². The summed E-state index contributed by atoms with van der Waals surface area (Å²) in [6.45, 7) is 5.85. The van der Waals surface area contributed by atoms with Crippen molar-refractivity contribution in [2.45, 2.75) is 51.4 Å². The Kier molecular flexibility index (Phi) is 4.40. The Labute approximate surface area is 120 Å². The third kappa shape index (κ3) is 3.76. The highest BCUT2D eigenvalue weighted by atomic mass is 16.6. The van der Waals surface area contributed by atoms with E-state index in [4.69, 9.17) is 20.4 Å². The van der Waals surface area contributed by atoms with Gasteiger partial charge in [0.2, 0.25) is 5.54 Å². The molecule has 118 valence electrons. The van der Waals surface area contributed by atoms with Gasteiger partial charge in [0.15, 0.2) is 6.10 Å². The second-order valence-electron chi connectivity index (χ2n) is 5.85. The van der Waals surface area contributed by atoms with Crippen molar-refractivity contribution in [2.24, 2.45) is 5.73 Å². The summed E-state index contributed by atoms with van der Waals surface area (Å²) in [5, 5.41) is 8.89. The number of imide groups is 1. The van der Waals surface area contributed by atoms with E-state index in [0.29, 0.717) is 0 Å². The number of nitrogens with zero attached hydrogens (tertiary/aromatic N) is 1. The summed E-state index contributed by atoms with van der Waals surface area (Å²) in [5.41, 5.74) is 2.58. The molecule has 0 spiro atoms. The van der Waals surface area contributed by atoms with E-state index in [1.165, 1.54) is 0 Å². The Morgan fingerprint density at radius 2 is 1.76 bits per heavy atom. The lowest BCUT2D eigenvalue weighted by atomic mass is 10.0. The molecule has 1 unspecified atom stereocenters. The lowest BCUT2D eigenvalue weighted by Gasteiger charge is -2.27. The number of hydrogen-bond donors (Lipinski definition) is 2. The van der Waals surface area contributed by atoms with Crippen molar-refractivity contribution in [1.29, 1.82) is 0 Å². The molecule has 0 aromatic heterocycles. The van der Waals surface area contributed by atoms with Gasteiger partial charge in [0.05, 0.1) is 6.42 Å². The number of ether oxygens (including phenoxy) is 2. The predicted octanol–water partition coefficient (Wildman–Crippen LogP) is -0.895. The minimum Gasteiger partial charge on any atom is -0.458 e. The molecule has 3 N–H and O–H groups in total. The summed E-state index contributed by atoms with van der Waals surface area (Å²) in [7, 11) is 0. The van der Waals surface area contributed by atoms with Gasteiger partial charge in [0, 0.05) is 0 Å². The zero-order valence-corrected chi connectivity index (χ0v) is 12.2. The summed E-state index contributed by atoms with van der Waals surface area (Å²) < 4.78 is 9.71. The molecule has 0 aromatic rings. The van der Waals surface area contributed by atoms with Crippen molar-refractivity contribution in [1.82, 2.24) is 5.06 Å². The molecule has 0 bridgehead atoms. The van der Waals surface area contributed by atoms with Gasteiger partial charge in [0.1, 0.15) is 5.60 Å². The van der Waals surface area contributed by atoms with Crippen molar-refractivity contribution in [3.63, 3.8) is 0 Å².